The molecule has 102 valence electrons. The molecular weight excluding hydrogens is 234 g/mol. The average molecular weight is 257 g/mol. The van der Waals surface area contributed by atoms with Crippen LogP contribution in [0.4, 0.5) is 0 Å². The number of benzene rings is 1. The first-order chi connectivity index (χ1) is 9.16. The standard InChI is InChI=1S/C16H23N3/c1-11(2)19-15-5-4-12(3)10-14(15)18-16(19)13-6-8-17-9-7-13/h4-5,10-11,13,17H,6-9H2,1-3H3. The van der Waals surface area contributed by atoms with Crippen molar-refractivity contribution in [2.24, 2.45) is 0 Å². The molecule has 0 aliphatic carbocycles. The highest BCUT2D eigenvalue weighted by Gasteiger charge is 2.23. The van der Waals surface area contributed by atoms with Crippen LogP contribution in [-0.2, 0) is 0 Å². The SMILES string of the molecule is Cc1ccc2c(c1)nc(C1CCNCC1)n2C(C)C. The summed E-state index contributed by atoms with van der Waals surface area (Å²) in [6.07, 6.45) is 2.41. The van der Waals surface area contributed by atoms with Gasteiger partial charge >= 0.3 is 0 Å². The number of imidazole rings is 1. The minimum atomic E-state index is 0.470. The molecule has 3 rings (SSSR count). The lowest BCUT2D eigenvalue weighted by Crippen LogP contribution is -2.28. The maximum absolute atomic E-state index is 4.95. The number of hydrogen-bond acceptors (Lipinski definition) is 2. The first kappa shape index (κ1) is 12.7. The summed E-state index contributed by atoms with van der Waals surface area (Å²) in [4.78, 5) is 4.95. The number of hydrogen-bond donors (Lipinski definition) is 1. The summed E-state index contributed by atoms with van der Waals surface area (Å²) in [5, 5.41) is 3.44. The van der Waals surface area contributed by atoms with E-state index < -0.39 is 0 Å². The molecule has 0 unspecified atom stereocenters. The second-order valence-corrected chi connectivity index (χ2v) is 5.95. The summed E-state index contributed by atoms with van der Waals surface area (Å²) in [7, 11) is 0. The fourth-order valence-corrected chi connectivity index (χ4v) is 3.14. The van der Waals surface area contributed by atoms with Crippen molar-refractivity contribution in [2.75, 3.05) is 13.1 Å². The van der Waals surface area contributed by atoms with Crippen LogP contribution in [0.5, 0.6) is 0 Å². The van der Waals surface area contributed by atoms with Gasteiger partial charge in [-0.25, -0.2) is 4.98 Å². The van der Waals surface area contributed by atoms with Crippen LogP contribution in [0.15, 0.2) is 18.2 Å². The van der Waals surface area contributed by atoms with Crippen LogP contribution < -0.4 is 5.32 Å². The van der Waals surface area contributed by atoms with E-state index in [4.69, 9.17) is 4.98 Å². The van der Waals surface area contributed by atoms with Gasteiger partial charge in [0, 0.05) is 12.0 Å². The van der Waals surface area contributed by atoms with Gasteiger partial charge in [0.05, 0.1) is 11.0 Å². The topological polar surface area (TPSA) is 29.9 Å². The van der Waals surface area contributed by atoms with Crippen molar-refractivity contribution >= 4 is 11.0 Å². The molecule has 2 aromatic rings. The number of fused-ring (bicyclic) bond motifs is 1. The van der Waals surface area contributed by atoms with E-state index in [1.165, 1.54) is 29.7 Å². The largest absolute Gasteiger partial charge is 0.325 e. The van der Waals surface area contributed by atoms with Gasteiger partial charge < -0.3 is 9.88 Å². The molecule has 19 heavy (non-hydrogen) atoms. The zero-order valence-corrected chi connectivity index (χ0v) is 12.1. The maximum Gasteiger partial charge on any atom is 0.113 e. The molecule has 1 aromatic carbocycles. The molecule has 3 heteroatoms. The Hall–Kier alpha value is -1.35. The molecule has 1 aliphatic heterocycles. The molecule has 2 heterocycles. The van der Waals surface area contributed by atoms with E-state index >= 15 is 0 Å². The van der Waals surface area contributed by atoms with Crippen molar-refractivity contribution in [3.63, 3.8) is 0 Å². The van der Waals surface area contributed by atoms with Gasteiger partial charge in [-0.2, -0.15) is 0 Å². The van der Waals surface area contributed by atoms with Crippen LogP contribution in [0.3, 0.4) is 0 Å². The van der Waals surface area contributed by atoms with E-state index in [0.29, 0.717) is 12.0 Å². The van der Waals surface area contributed by atoms with E-state index in [1.54, 1.807) is 0 Å². The molecule has 0 bridgehead atoms. The number of rotatable bonds is 2. The van der Waals surface area contributed by atoms with Gasteiger partial charge in [0.2, 0.25) is 0 Å². The fourth-order valence-electron chi connectivity index (χ4n) is 3.14. The van der Waals surface area contributed by atoms with Gasteiger partial charge in [0.25, 0.3) is 0 Å². The second-order valence-electron chi connectivity index (χ2n) is 5.95. The summed E-state index contributed by atoms with van der Waals surface area (Å²) in [6, 6.07) is 7.09. The highest BCUT2D eigenvalue weighted by atomic mass is 15.1. The van der Waals surface area contributed by atoms with Gasteiger partial charge in [-0.15, -0.1) is 0 Å². The van der Waals surface area contributed by atoms with Crippen LogP contribution in [0.25, 0.3) is 11.0 Å². The van der Waals surface area contributed by atoms with Crippen LogP contribution >= 0.6 is 0 Å². The van der Waals surface area contributed by atoms with E-state index in [9.17, 15) is 0 Å². The molecular formula is C16H23N3. The predicted octanol–water partition coefficient (Wildman–Crippen LogP) is 3.39. The molecule has 3 nitrogen and oxygen atoms in total. The molecule has 1 fully saturated rings. The summed E-state index contributed by atoms with van der Waals surface area (Å²) in [5.74, 6) is 1.90. The van der Waals surface area contributed by atoms with Crippen LogP contribution in [0.2, 0.25) is 0 Å². The van der Waals surface area contributed by atoms with Crippen molar-refractivity contribution in [1.29, 1.82) is 0 Å². The van der Waals surface area contributed by atoms with E-state index in [1.807, 2.05) is 0 Å². The lowest BCUT2D eigenvalue weighted by molar-refractivity contribution is 0.423. The van der Waals surface area contributed by atoms with Crippen LogP contribution in [0.1, 0.15) is 50.0 Å². The minimum absolute atomic E-state index is 0.470. The lowest BCUT2D eigenvalue weighted by Gasteiger charge is -2.24. The monoisotopic (exact) mass is 257 g/mol. The highest BCUT2D eigenvalue weighted by Crippen LogP contribution is 2.31. The maximum atomic E-state index is 4.95. The zero-order valence-electron chi connectivity index (χ0n) is 12.1. The third-order valence-electron chi connectivity index (χ3n) is 4.09. The Morgan fingerprint density at radius 2 is 2.00 bits per heavy atom. The van der Waals surface area contributed by atoms with E-state index in [-0.39, 0.29) is 0 Å². The number of nitrogens with one attached hydrogen (secondary N) is 1. The quantitative estimate of drug-likeness (QED) is 0.893. The number of aryl methyl sites for hydroxylation is 1. The number of aromatic nitrogens is 2. The van der Waals surface area contributed by atoms with E-state index in [0.717, 1.165) is 18.6 Å². The zero-order chi connectivity index (χ0) is 13.4. The Morgan fingerprint density at radius 1 is 1.26 bits per heavy atom. The van der Waals surface area contributed by atoms with Crippen molar-refractivity contribution in [3.05, 3.63) is 29.6 Å². The normalized spacial score (nSPS) is 17.5. The van der Waals surface area contributed by atoms with Gasteiger partial charge in [-0.3, -0.25) is 0 Å². The Morgan fingerprint density at radius 3 is 2.68 bits per heavy atom. The predicted molar refractivity (Wildman–Crippen MR) is 79.7 cm³/mol. The third kappa shape index (κ3) is 2.27. The first-order valence-corrected chi connectivity index (χ1v) is 7.36. The Bertz CT molecular complexity index is 577. The molecule has 0 saturated carbocycles. The fraction of sp³-hybridized carbons (Fsp3) is 0.562. The molecule has 0 amide bonds. The average Bonchev–Trinajstić information content (AvgIpc) is 2.78. The second kappa shape index (κ2) is 4.97. The van der Waals surface area contributed by atoms with Crippen LogP contribution in [0, 0.1) is 6.92 Å². The molecule has 0 radical (unpaired) electrons. The number of piperidine rings is 1. The lowest BCUT2D eigenvalue weighted by atomic mass is 9.97. The van der Waals surface area contributed by atoms with Gasteiger partial charge in [-0.1, -0.05) is 6.07 Å². The van der Waals surface area contributed by atoms with Crippen molar-refractivity contribution in [1.82, 2.24) is 14.9 Å². The summed E-state index contributed by atoms with van der Waals surface area (Å²) in [6.45, 7) is 8.88. The third-order valence-corrected chi connectivity index (χ3v) is 4.09. The van der Waals surface area contributed by atoms with Gasteiger partial charge in [0.1, 0.15) is 5.82 Å². The Balaban J connectivity index is 2.13. The Labute approximate surface area is 115 Å². The number of nitrogens with zero attached hydrogens (tertiary/aromatic N) is 2. The van der Waals surface area contributed by atoms with Crippen molar-refractivity contribution < 1.29 is 0 Å². The highest BCUT2D eigenvalue weighted by molar-refractivity contribution is 5.77. The van der Waals surface area contributed by atoms with Crippen molar-refractivity contribution in [2.45, 2.75) is 45.6 Å². The molecule has 1 aliphatic rings. The first-order valence-electron chi connectivity index (χ1n) is 7.36. The summed E-state index contributed by atoms with van der Waals surface area (Å²) >= 11 is 0. The van der Waals surface area contributed by atoms with Gasteiger partial charge in [0.15, 0.2) is 0 Å². The Kier molecular flexibility index (Phi) is 3.31. The summed E-state index contributed by atoms with van der Waals surface area (Å²) in [5.41, 5.74) is 3.73. The molecule has 1 saturated heterocycles. The molecule has 0 atom stereocenters. The smallest absolute Gasteiger partial charge is 0.113 e. The minimum Gasteiger partial charge on any atom is -0.325 e. The molecule has 1 N–H and O–H groups in total. The molecule has 1 aromatic heterocycles. The molecule has 0 spiro atoms. The van der Waals surface area contributed by atoms with E-state index in [2.05, 4.69) is 48.9 Å². The van der Waals surface area contributed by atoms with Gasteiger partial charge in [-0.05, 0) is 64.4 Å². The van der Waals surface area contributed by atoms with Crippen molar-refractivity contribution in [3.8, 4) is 0 Å². The summed E-state index contributed by atoms with van der Waals surface area (Å²) < 4.78 is 2.44. The van der Waals surface area contributed by atoms with Crippen LogP contribution in [-0.4, -0.2) is 22.6 Å².